The van der Waals surface area contributed by atoms with Gasteiger partial charge in [0.25, 0.3) is 5.91 Å². The van der Waals surface area contributed by atoms with Crippen molar-refractivity contribution in [3.8, 4) is 0 Å². The van der Waals surface area contributed by atoms with E-state index in [0.717, 1.165) is 56.4 Å². The molecule has 0 bridgehead atoms. The molecule has 4 rings (SSSR count). The largest absolute Gasteiger partial charge is 0.355 e. The van der Waals surface area contributed by atoms with E-state index in [2.05, 4.69) is 26.5 Å². The third kappa shape index (κ3) is 4.05. The zero-order valence-corrected chi connectivity index (χ0v) is 15.8. The normalized spacial score (nSPS) is 17.5. The molecule has 1 aromatic carbocycles. The average Bonchev–Trinajstić information content (AvgIpc) is 2.68. The molecule has 0 spiro atoms. The number of aryl methyl sites for hydroxylation is 2. The summed E-state index contributed by atoms with van der Waals surface area (Å²) in [5.41, 5.74) is 2.78. The standard InChI is InChI=1S/C20H22ClFN4O/c21-17-12-14(22)5-6-16(17)20(27)23-15-7-9-26(10-8-15)19-11-13-3-1-2-4-18(13)24-25-19/h5-6,11-12,15H,1-4,7-10H2,(H,23,27). The molecule has 2 heterocycles. The number of halogens is 2. The zero-order valence-electron chi connectivity index (χ0n) is 15.0. The smallest absolute Gasteiger partial charge is 0.253 e. The number of nitrogens with zero attached hydrogens (tertiary/aromatic N) is 3. The molecule has 1 amide bonds. The van der Waals surface area contributed by atoms with Gasteiger partial charge in [-0.15, -0.1) is 5.10 Å². The van der Waals surface area contributed by atoms with Crippen LogP contribution in [0.2, 0.25) is 5.02 Å². The first kappa shape index (κ1) is 18.2. The molecule has 2 aliphatic rings. The molecule has 0 atom stereocenters. The second-order valence-electron chi connectivity index (χ2n) is 7.24. The highest BCUT2D eigenvalue weighted by atomic mass is 35.5. The zero-order chi connectivity index (χ0) is 18.8. The molecule has 1 fully saturated rings. The number of hydrogen-bond donors (Lipinski definition) is 1. The number of carbonyl (C=O) groups is 1. The van der Waals surface area contributed by atoms with E-state index in [1.807, 2.05) is 0 Å². The lowest BCUT2D eigenvalue weighted by Crippen LogP contribution is -2.45. The Morgan fingerprint density at radius 3 is 2.70 bits per heavy atom. The van der Waals surface area contributed by atoms with E-state index >= 15 is 0 Å². The van der Waals surface area contributed by atoms with Gasteiger partial charge in [0.05, 0.1) is 16.3 Å². The highest BCUT2D eigenvalue weighted by Gasteiger charge is 2.24. The van der Waals surface area contributed by atoms with Gasteiger partial charge in [0, 0.05) is 19.1 Å². The highest BCUT2D eigenvalue weighted by Crippen LogP contribution is 2.24. The van der Waals surface area contributed by atoms with Gasteiger partial charge in [-0.05, 0) is 68.4 Å². The fraction of sp³-hybridized carbons (Fsp3) is 0.450. The topological polar surface area (TPSA) is 58.1 Å². The second-order valence-corrected chi connectivity index (χ2v) is 7.65. The Kier molecular flexibility index (Phi) is 5.25. The van der Waals surface area contributed by atoms with Crippen molar-refractivity contribution in [3.05, 3.63) is 51.9 Å². The van der Waals surface area contributed by atoms with E-state index in [0.29, 0.717) is 5.56 Å². The lowest BCUT2D eigenvalue weighted by atomic mass is 9.96. The van der Waals surface area contributed by atoms with Gasteiger partial charge in [-0.2, -0.15) is 5.10 Å². The van der Waals surface area contributed by atoms with E-state index in [-0.39, 0.29) is 17.0 Å². The number of rotatable bonds is 3. The molecule has 1 saturated heterocycles. The first-order valence-corrected chi connectivity index (χ1v) is 9.84. The number of piperidine rings is 1. The summed E-state index contributed by atoms with van der Waals surface area (Å²) in [6.07, 6.45) is 6.18. The number of amides is 1. The van der Waals surface area contributed by atoms with Crippen LogP contribution >= 0.6 is 11.6 Å². The molecule has 0 radical (unpaired) electrons. The Hall–Kier alpha value is -2.21. The maximum atomic E-state index is 13.1. The Morgan fingerprint density at radius 1 is 1.15 bits per heavy atom. The first-order valence-electron chi connectivity index (χ1n) is 9.46. The van der Waals surface area contributed by atoms with Crippen LogP contribution in [0.15, 0.2) is 24.3 Å². The lowest BCUT2D eigenvalue weighted by molar-refractivity contribution is 0.0931. The van der Waals surface area contributed by atoms with Crippen LogP contribution in [-0.4, -0.2) is 35.2 Å². The summed E-state index contributed by atoms with van der Waals surface area (Å²) < 4.78 is 13.1. The summed E-state index contributed by atoms with van der Waals surface area (Å²) in [7, 11) is 0. The number of hydrogen-bond acceptors (Lipinski definition) is 4. The van der Waals surface area contributed by atoms with Gasteiger partial charge in [0.2, 0.25) is 0 Å². The van der Waals surface area contributed by atoms with E-state index < -0.39 is 5.82 Å². The van der Waals surface area contributed by atoms with Crippen molar-refractivity contribution in [2.75, 3.05) is 18.0 Å². The molecule has 142 valence electrons. The lowest BCUT2D eigenvalue weighted by Gasteiger charge is -2.33. The molecule has 27 heavy (non-hydrogen) atoms. The molecule has 7 heteroatoms. The Balaban J connectivity index is 1.35. The third-order valence-electron chi connectivity index (χ3n) is 5.39. The highest BCUT2D eigenvalue weighted by molar-refractivity contribution is 6.33. The van der Waals surface area contributed by atoms with Crippen LogP contribution in [0.1, 0.15) is 47.3 Å². The molecule has 1 aliphatic carbocycles. The van der Waals surface area contributed by atoms with Crippen LogP contribution in [0, 0.1) is 5.82 Å². The molecule has 1 aliphatic heterocycles. The minimum atomic E-state index is -0.448. The van der Waals surface area contributed by atoms with E-state index in [9.17, 15) is 9.18 Å². The van der Waals surface area contributed by atoms with Crippen LogP contribution in [0.4, 0.5) is 10.2 Å². The molecule has 2 aromatic rings. The van der Waals surface area contributed by atoms with Crippen molar-refractivity contribution in [1.82, 2.24) is 15.5 Å². The number of benzene rings is 1. The summed E-state index contributed by atoms with van der Waals surface area (Å²) in [5.74, 6) is 0.227. The monoisotopic (exact) mass is 388 g/mol. The Bertz CT molecular complexity index is 852. The van der Waals surface area contributed by atoms with Crippen LogP contribution in [0.5, 0.6) is 0 Å². The molecule has 0 unspecified atom stereocenters. The van der Waals surface area contributed by atoms with Crippen LogP contribution in [-0.2, 0) is 12.8 Å². The predicted molar refractivity (Wildman–Crippen MR) is 103 cm³/mol. The van der Waals surface area contributed by atoms with Crippen molar-refractivity contribution < 1.29 is 9.18 Å². The third-order valence-corrected chi connectivity index (χ3v) is 5.70. The number of carbonyl (C=O) groups excluding carboxylic acids is 1. The van der Waals surface area contributed by atoms with Crippen molar-refractivity contribution in [3.63, 3.8) is 0 Å². The maximum absolute atomic E-state index is 13.1. The maximum Gasteiger partial charge on any atom is 0.253 e. The van der Waals surface area contributed by atoms with Gasteiger partial charge in [0.15, 0.2) is 5.82 Å². The fourth-order valence-electron chi connectivity index (χ4n) is 3.82. The predicted octanol–water partition coefficient (Wildman–Crippen LogP) is 3.55. The molecular formula is C20H22ClFN4O. The second kappa shape index (κ2) is 7.80. The summed E-state index contributed by atoms with van der Waals surface area (Å²) in [5, 5.41) is 12.0. The molecular weight excluding hydrogens is 367 g/mol. The van der Waals surface area contributed by atoms with E-state index in [4.69, 9.17) is 11.6 Å². The van der Waals surface area contributed by atoms with Crippen LogP contribution in [0.25, 0.3) is 0 Å². The number of nitrogens with one attached hydrogen (secondary N) is 1. The number of fused-ring (bicyclic) bond motifs is 1. The van der Waals surface area contributed by atoms with Gasteiger partial charge in [-0.1, -0.05) is 11.6 Å². The van der Waals surface area contributed by atoms with Gasteiger partial charge >= 0.3 is 0 Å². The summed E-state index contributed by atoms with van der Waals surface area (Å²) in [4.78, 5) is 14.6. The Labute approximate surface area is 162 Å². The summed E-state index contributed by atoms with van der Waals surface area (Å²) in [6.45, 7) is 1.63. The van der Waals surface area contributed by atoms with Crippen LogP contribution in [0.3, 0.4) is 0 Å². The average molecular weight is 389 g/mol. The van der Waals surface area contributed by atoms with Gasteiger partial charge in [-0.3, -0.25) is 4.79 Å². The number of anilines is 1. The SMILES string of the molecule is O=C(NC1CCN(c2cc3c(nn2)CCCC3)CC1)c1ccc(F)cc1Cl. The van der Waals surface area contributed by atoms with Crippen molar-refractivity contribution in [1.29, 1.82) is 0 Å². The van der Waals surface area contributed by atoms with Gasteiger partial charge in [-0.25, -0.2) is 4.39 Å². The van der Waals surface area contributed by atoms with E-state index in [1.165, 1.54) is 30.5 Å². The molecule has 5 nitrogen and oxygen atoms in total. The minimum Gasteiger partial charge on any atom is -0.355 e. The van der Waals surface area contributed by atoms with Gasteiger partial charge < -0.3 is 10.2 Å². The van der Waals surface area contributed by atoms with Crippen molar-refractivity contribution in [2.45, 2.75) is 44.6 Å². The summed E-state index contributed by atoms with van der Waals surface area (Å²) in [6, 6.07) is 6.08. The minimum absolute atomic E-state index is 0.0699. The first-order chi connectivity index (χ1) is 13.1. The quantitative estimate of drug-likeness (QED) is 0.873. The van der Waals surface area contributed by atoms with Crippen molar-refractivity contribution in [2.24, 2.45) is 0 Å². The fourth-order valence-corrected chi connectivity index (χ4v) is 4.08. The van der Waals surface area contributed by atoms with Crippen molar-refractivity contribution >= 4 is 23.3 Å². The van der Waals surface area contributed by atoms with Gasteiger partial charge in [0.1, 0.15) is 5.82 Å². The molecule has 0 saturated carbocycles. The Morgan fingerprint density at radius 2 is 1.93 bits per heavy atom. The van der Waals surface area contributed by atoms with E-state index in [1.54, 1.807) is 0 Å². The molecule has 1 N–H and O–H groups in total. The molecule has 1 aromatic heterocycles. The van der Waals surface area contributed by atoms with Crippen LogP contribution < -0.4 is 10.2 Å². The number of aromatic nitrogens is 2. The summed E-state index contributed by atoms with van der Waals surface area (Å²) >= 11 is 5.98.